The Morgan fingerprint density at radius 2 is 1.67 bits per heavy atom. The van der Waals surface area contributed by atoms with Crippen LogP contribution >= 0.6 is 0 Å². The number of ether oxygens (including phenoxy) is 2. The molecule has 1 atom stereocenters. The molecule has 2 N–H and O–H groups in total. The minimum Gasteiger partial charge on any atom is -0.489 e. The van der Waals surface area contributed by atoms with E-state index in [0.29, 0.717) is 17.9 Å². The van der Waals surface area contributed by atoms with Crippen molar-refractivity contribution in [2.45, 2.75) is 19.6 Å². The van der Waals surface area contributed by atoms with E-state index < -0.39 is 23.7 Å². The average molecular weight is 408 g/mol. The van der Waals surface area contributed by atoms with Crippen molar-refractivity contribution in [1.29, 1.82) is 0 Å². The Morgan fingerprint density at radius 1 is 0.933 bits per heavy atom. The van der Waals surface area contributed by atoms with Gasteiger partial charge in [-0.25, -0.2) is 4.39 Å². The molecule has 0 heterocycles. The van der Waals surface area contributed by atoms with Crippen LogP contribution in [0, 0.1) is 5.82 Å². The lowest BCUT2D eigenvalue weighted by Crippen LogP contribution is -2.47. The van der Waals surface area contributed by atoms with Crippen molar-refractivity contribution < 1.29 is 23.5 Å². The first kappa shape index (κ1) is 20.9. The first-order valence-corrected chi connectivity index (χ1v) is 9.31. The van der Waals surface area contributed by atoms with Crippen molar-refractivity contribution in [3.05, 3.63) is 95.8 Å². The number of para-hydroxylation sites is 1. The molecule has 0 spiro atoms. The second kappa shape index (κ2) is 10.1. The number of hydrogen-bond acceptors (Lipinski definition) is 4. The van der Waals surface area contributed by atoms with E-state index in [2.05, 4.69) is 10.9 Å². The predicted molar refractivity (Wildman–Crippen MR) is 109 cm³/mol. The minimum atomic E-state index is -1.01. The van der Waals surface area contributed by atoms with Gasteiger partial charge in [-0.05, 0) is 42.8 Å². The van der Waals surface area contributed by atoms with Crippen LogP contribution in [0.3, 0.4) is 0 Å². The minimum absolute atomic E-state index is 0.0465. The SMILES string of the molecule is CC(Oc1ccccc1F)C(=O)NNC(=O)c1cccc(OCc2ccccc2)c1. The van der Waals surface area contributed by atoms with Gasteiger partial charge in [0.2, 0.25) is 0 Å². The van der Waals surface area contributed by atoms with Crippen molar-refractivity contribution >= 4 is 11.8 Å². The molecule has 0 radical (unpaired) electrons. The summed E-state index contributed by atoms with van der Waals surface area (Å²) < 4.78 is 24.6. The van der Waals surface area contributed by atoms with Gasteiger partial charge in [0.15, 0.2) is 17.7 Å². The summed E-state index contributed by atoms with van der Waals surface area (Å²) in [6, 6.07) is 22.0. The van der Waals surface area contributed by atoms with Gasteiger partial charge in [0, 0.05) is 5.56 Å². The number of halogens is 1. The fourth-order valence-electron chi connectivity index (χ4n) is 2.54. The van der Waals surface area contributed by atoms with E-state index in [4.69, 9.17) is 9.47 Å². The van der Waals surface area contributed by atoms with Crippen LogP contribution in [0.2, 0.25) is 0 Å². The van der Waals surface area contributed by atoms with Gasteiger partial charge >= 0.3 is 0 Å². The van der Waals surface area contributed by atoms with Crippen molar-refractivity contribution in [2.75, 3.05) is 0 Å². The van der Waals surface area contributed by atoms with Crippen LogP contribution in [0.4, 0.5) is 4.39 Å². The monoisotopic (exact) mass is 408 g/mol. The third-order valence-electron chi connectivity index (χ3n) is 4.15. The Bertz CT molecular complexity index is 1010. The van der Waals surface area contributed by atoms with Gasteiger partial charge < -0.3 is 9.47 Å². The molecule has 0 bridgehead atoms. The highest BCUT2D eigenvalue weighted by atomic mass is 19.1. The van der Waals surface area contributed by atoms with E-state index in [1.165, 1.54) is 25.1 Å². The molecule has 0 aliphatic rings. The summed E-state index contributed by atoms with van der Waals surface area (Å²) in [5, 5.41) is 0. The Morgan fingerprint density at radius 3 is 2.43 bits per heavy atom. The Hall–Kier alpha value is -3.87. The first-order chi connectivity index (χ1) is 14.5. The summed E-state index contributed by atoms with van der Waals surface area (Å²) in [7, 11) is 0. The summed E-state index contributed by atoms with van der Waals surface area (Å²) in [6.07, 6.45) is -1.01. The van der Waals surface area contributed by atoms with E-state index >= 15 is 0 Å². The Balaban J connectivity index is 1.51. The van der Waals surface area contributed by atoms with Crippen LogP contribution in [0.5, 0.6) is 11.5 Å². The first-order valence-electron chi connectivity index (χ1n) is 9.31. The zero-order valence-corrected chi connectivity index (χ0v) is 16.3. The Labute approximate surface area is 173 Å². The predicted octanol–water partition coefficient (Wildman–Crippen LogP) is 3.63. The summed E-state index contributed by atoms with van der Waals surface area (Å²) in [5.74, 6) is -1.24. The van der Waals surface area contributed by atoms with Crippen LogP contribution in [-0.4, -0.2) is 17.9 Å². The highest BCUT2D eigenvalue weighted by molar-refractivity contribution is 5.96. The molecule has 0 saturated carbocycles. The van der Waals surface area contributed by atoms with E-state index in [1.807, 2.05) is 30.3 Å². The van der Waals surface area contributed by atoms with Crippen molar-refractivity contribution in [2.24, 2.45) is 0 Å². The van der Waals surface area contributed by atoms with Crippen LogP contribution in [-0.2, 0) is 11.4 Å². The van der Waals surface area contributed by atoms with E-state index in [9.17, 15) is 14.0 Å². The molecule has 0 aromatic heterocycles. The van der Waals surface area contributed by atoms with Crippen LogP contribution < -0.4 is 20.3 Å². The van der Waals surface area contributed by atoms with Crippen molar-refractivity contribution in [3.63, 3.8) is 0 Å². The van der Waals surface area contributed by atoms with Gasteiger partial charge in [-0.1, -0.05) is 48.5 Å². The van der Waals surface area contributed by atoms with Gasteiger partial charge in [0.25, 0.3) is 11.8 Å². The van der Waals surface area contributed by atoms with Crippen LogP contribution in [0.25, 0.3) is 0 Å². The number of carbonyl (C=O) groups excluding carboxylic acids is 2. The number of hydrogen-bond donors (Lipinski definition) is 2. The molecular formula is C23H21FN2O4. The number of benzene rings is 3. The van der Waals surface area contributed by atoms with Crippen molar-refractivity contribution in [3.8, 4) is 11.5 Å². The maximum absolute atomic E-state index is 13.6. The highest BCUT2D eigenvalue weighted by Gasteiger charge is 2.17. The largest absolute Gasteiger partial charge is 0.489 e. The average Bonchev–Trinajstić information content (AvgIpc) is 2.78. The quantitative estimate of drug-likeness (QED) is 0.586. The molecule has 0 saturated heterocycles. The molecular weight excluding hydrogens is 387 g/mol. The molecule has 2 amide bonds. The number of rotatable bonds is 7. The molecule has 154 valence electrons. The lowest BCUT2D eigenvalue weighted by atomic mass is 10.2. The number of hydrazine groups is 1. The molecule has 3 aromatic carbocycles. The number of nitrogens with one attached hydrogen (secondary N) is 2. The van der Waals surface area contributed by atoms with Gasteiger partial charge in [0.1, 0.15) is 12.4 Å². The molecule has 3 aromatic rings. The molecule has 0 aliphatic carbocycles. The summed E-state index contributed by atoms with van der Waals surface area (Å²) in [6.45, 7) is 1.82. The van der Waals surface area contributed by atoms with Gasteiger partial charge in [-0.3, -0.25) is 20.4 Å². The van der Waals surface area contributed by atoms with Crippen LogP contribution in [0.1, 0.15) is 22.8 Å². The zero-order chi connectivity index (χ0) is 21.3. The molecule has 6 nitrogen and oxygen atoms in total. The summed E-state index contributed by atoms with van der Waals surface area (Å²) in [5.41, 5.74) is 5.90. The maximum Gasteiger partial charge on any atom is 0.279 e. The second-order valence-corrected chi connectivity index (χ2v) is 6.44. The van der Waals surface area contributed by atoms with E-state index in [1.54, 1.807) is 30.3 Å². The van der Waals surface area contributed by atoms with E-state index in [0.717, 1.165) is 5.56 Å². The third kappa shape index (κ3) is 5.81. The smallest absolute Gasteiger partial charge is 0.279 e. The maximum atomic E-state index is 13.6. The molecule has 30 heavy (non-hydrogen) atoms. The van der Waals surface area contributed by atoms with Gasteiger partial charge in [-0.2, -0.15) is 0 Å². The zero-order valence-electron chi connectivity index (χ0n) is 16.3. The van der Waals surface area contributed by atoms with Gasteiger partial charge in [-0.15, -0.1) is 0 Å². The topological polar surface area (TPSA) is 76.7 Å². The fraction of sp³-hybridized carbons (Fsp3) is 0.130. The lowest BCUT2D eigenvalue weighted by molar-refractivity contribution is -0.128. The number of carbonyl (C=O) groups is 2. The van der Waals surface area contributed by atoms with E-state index in [-0.39, 0.29) is 5.75 Å². The molecule has 3 rings (SSSR count). The van der Waals surface area contributed by atoms with Crippen molar-refractivity contribution in [1.82, 2.24) is 10.9 Å². The standard InChI is InChI=1S/C23H21FN2O4/c1-16(30-21-13-6-5-12-20(21)24)22(27)25-26-23(28)18-10-7-11-19(14-18)29-15-17-8-3-2-4-9-17/h2-14,16H,15H2,1H3,(H,25,27)(H,26,28). The number of amides is 2. The summed E-state index contributed by atoms with van der Waals surface area (Å²) >= 11 is 0. The molecule has 0 fully saturated rings. The fourth-order valence-corrected chi connectivity index (χ4v) is 2.54. The second-order valence-electron chi connectivity index (χ2n) is 6.44. The van der Waals surface area contributed by atoms with Crippen LogP contribution in [0.15, 0.2) is 78.9 Å². The molecule has 0 aliphatic heterocycles. The lowest BCUT2D eigenvalue weighted by Gasteiger charge is -2.15. The molecule has 7 heteroatoms. The third-order valence-corrected chi connectivity index (χ3v) is 4.15. The Kier molecular flexibility index (Phi) is 7.00. The normalized spacial score (nSPS) is 11.3. The van der Waals surface area contributed by atoms with Gasteiger partial charge in [0.05, 0.1) is 0 Å². The highest BCUT2D eigenvalue weighted by Crippen LogP contribution is 2.17. The molecule has 1 unspecified atom stereocenters. The summed E-state index contributed by atoms with van der Waals surface area (Å²) in [4.78, 5) is 24.5.